The molecule has 0 spiro atoms. The molecule has 0 unspecified atom stereocenters. The van der Waals surface area contributed by atoms with Crippen molar-refractivity contribution in [1.29, 1.82) is 0 Å². The van der Waals surface area contributed by atoms with Crippen LogP contribution in [0, 0.1) is 0 Å². The molecule has 2 aliphatic carbocycles. The summed E-state index contributed by atoms with van der Waals surface area (Å²) in [4.78, 5) is 28.5. The van der Waals surface area contributed by atoms with Crippen molar-refractivity contribution in [2.24, 2.45) is 0 Å². The third kappa shape index (κ3) is 4.35. The van der Waals surface area contributed by atoms with Crippen LogP contribution in [0.2, 0.25) is 0 Å². The van der Waals surface area contributed by atoms with Gasteiger partial charge >= 0.3 is 6.03 Å². The van der Waals surface area contributed by atoms with E-state index in [1.807, 2.05) is 12.1 Å². The van der Waals surface area contributed by atoms with E-state index in [9.17, 15) is 9.59 Å². The number of urea groups is 1. The summed E-state index contributed by atoms with van der Waals surface area (Å²) in [5.74, 6) is 0.468. The third-order valence-electron chi connectivity index (χ3n) is 5.09. The van der Waals surface area contributed by atoms with Gasteiger partial charge in [-0.25, -0.2) is 4.79 Å². The van der Waals surface area contributed by atoms with Gasteiger partial charge in [-0.15, -0.1) is 10.2 Å². The number of hydrogen-bond acceptors (Lipinski definition) is 6. The van der Waals surface area contributed by atoms with Gasteiger partial charge in [0, 0.05) is 30.0 Å². The molecule has 2 fully saturated rings. The lowest BCUT2D eigenvalue weighted by Gasteiger charge is -2.15. The Morgan fingerprint density at radius 2 is 1.86 bits per heavy atom. The predicted octanol–water partition coefficient (Wildman–Crippen LogP) is 2.92. The lowest BCUT2D eigenvalue weighted by Crippen LogP contribution is -2.45. The lowest BCUT2D eigenvalue weighted by atomic mass is 10.2. The molecule has 2 heterocycles. The van der Waals surface area contributed by atoms with Crippen LogP contribution < -0.4 is 10.6 Å². The molecule has 2 saturated carbocycles. The second-order valence-corrected chi connectivity index (χ2v) is 8.66. The molecule has 0 bridgehead atoms. The highest BCUT2D eigenvalue weighted by atomic mass is 32.2. The van der Waals surface area contributed by atoms with E-state index in [-0.39, 0.29) is 11.9 Å². The van der Waals surface area contributed by atoms with Gasteiger partial charge in [-0.1, -0.05) is 24.6 Å². The zero-order valence-electron chi connectivity index (χ0n) is 15.8. The summed E-state index contributed by atoms with van der Waals surface area (Å²) in [7, 11) is 0. The number of imide groups is 1. The average molecular weight is 401 g/mol. The fraction of sp³-hybridized carbons (Fsp3) is 0.526. The van der Waals surface area contributed by atoms with E-state index in [0.717, 1.165) is 49.9 Å². The number of pyridine rings is 1. The summed E-state index contributed by atoms with van der Waals surface area (Å²) in [5.41, 5.74) is 0.953. The van der Waals surface area contributed by atoms with Gasteiger partial charge in [-0.2, -0.15) is 0 Å². The van der Waals surface area contributed by atoms with Crippen molar-refractivity contribution in [1.82, 2.24) is 30.4 Å². The van der Waals surface area contributed by atoms with Crippen molar-refractivity contribution < 1.29 is 9.59 Å². The highest BCUT2D eigenvalue weighted by Gasteiger charge is 2.31. The number of rotatable bonds is 6. The molecule has 0 radical (unpaired) electrons. The number of aromatic nitrogens is 4. The van der Waals surface area contributed by atoms with E-state index in [2.05, 4.69) is 30.4 Å². The van der Waals surface area contributed by atoms with Gasteiger partial charge in [0.1, 0.15) is 0 Å². The molecule has 2 N–H and O–H groups in total. The van der Waals surface area contributed by atoms with Crippen molar-refractivity contribution in [2.75, 3.05) is 0 Å². The quantitative estimate of drug-likeness (QED) is 0.723. The first-order valence-corrected chi connectivity index (χ1v) is 10.6. The van der Waals surface area contributed by atoms with Crippen LogP contribution in [0.3, 0.4) is 0 Å². The summed E-state index contributed by atoms with van der Waals surface area (Å²) in [6.07, 6.45) is 9.83. The molecule has 0 saturated heterocycles. The number of hydrogen-bond donors (Lipinski definition) is 2. The molecular weight excluding hydrogens is 376 g/mol. The van der Waals surface area contributed by atoms with Crippen molar-refractivity contribution in [2.45, 2.75) is 67.9 Å². The van der Waals surface area contributed by atoms with Crippen LogP contribution in [0.1, 0.15) is 51.5 Å². The molecule has 28 heavy (non-hydrogen) atoms. The zero-order chi connectivity index (χ0) is 19.5. The Labute approximate surface area is 167 Å². The maximum absolute atomic E-state index is 12.4. The molecule has 0 aliphatic heterocycles. The maximum Gasteiger partial charge on any atom is 0.321 e. The van der Waals surface area contributed by atoms with Gasteiger partial charge in [0.05, 0.1) is 5.25 Å². The minimum Gasteiger partial charge on any atom is -0.335 e. The van der Waals surface area contributed by atoms with Gasteiger partial charge in [-0.3, -0.25) is 19.7 Å². The van der Waals surface area contributed by atoms with Crippen molar-refractivity contribution in [3.63, 3.8) is 0 Å². The van der Waals surface area contributed by atoms with Gasteiger partial charge in [0.2, 0.25) is 5.91 Å². The Balaban J connectivity index is 1.41. The summed E-state index contributed by atoms with van der Waals surface area (Å²) in [6, 6.07) is 3.94. The van der Waals surface area contributed by atoms with Gasteiger partial charge < -0.3 is 5.32 Å². The van der Waals surface area contributed by atoms with Crippen molar-refractivity contribution in [3.05, 3.63) is 24.5 Å². The van der Waals surface area contributed by atoms with Crippen LogP contribution >= 0.6 is 11.8 Å². The smallest absolute Gasteiger partial charge is 0.321 e. The Hall–Kier alpha value is -2.42. The number of carbonyl (C=O) groups is 2. The summed E-state index contributed by atoms with van der Waals surface area (Å²) in [5, 5.41) is 14.2. The fourth-order valence-corrected chi connectivity index (χ4v) is 4.35. The third-order valence-corrected chi connectivity index (χ3v) is 6.15. The standard InChI is InChI=1S/C19H24N6O2S/c1-12(17(26)22-18(27)21-14-4-2-3-5-14)28-19-24-23-16(25(19)15-6-7-15)13-8-10-20-11-9-13/h8-12,14-15H,2-7H2,1H3,(H2,21,22,26,27)/t12-/m0/s1. The van der Waals surface area contributed by atoms with Crippen LogP contribution in [0.5, 0.6) is 0 Å². The predicted molar refractivity (Wildman–Crippen MR) is 106 cm³/mol. The topological polar surface area (TPSA) is 102 Å². The normalized spacial score (nSPS) is 18.0. The molecule has 2 aliphatic rings. The van der Waals surface area contributed by atoms with Gasteiger partial charge in [-0.05, 0) is 44.7 Å². The SMILES string of the molecule is C[C@H](Sc1nnc(-c2ccncc2)n1C1CC1)C(=O)NC(=O)NC1CCCC1. The van der Waals surface area contributed by atoms with E-state index in [0.29, 0.717) is 11.2 Å². The zero-order valence-corrected chi connectivity index (χ0v) is 16.6. The summed E-state index contributed by atoms with van der Waals surface area (Å²) in [6.45, 7) is 1.78. The van der Waals surface area contributed by atoms with E-state index in [4.69, 9.17) is 0 Å². The molecular formula is C19H24N6O2S. The first-order valence-electron chi connectivity index (χ1n) is 9.75. The molecule has 2 aromatic heterocycles. The number of amides is 3. The first-order chi connectivity index (χ1) is 13.6. The van der Waals surface area contributed by atoms with Crippen LogP contribution in [0.4, 0.5) is 4.79 Å². The number of carbonyl (C=O) groups excluding carboxylic acids is 2. The number of nitrogens with zero attached hydrogens (tertiary/aromatic N) is 4. The van der Waals surface area contributed by atoms with Crippen LogP contribution in [-0.4, -0.2) is 43.0 Å². The molecule has 8 nitrogen and oxygen atoms in total. The van der Waals surface area contributed by atoms with Crippen molar-refractivity contribution in [3.8, 4) is 11.4 Å². The molecule has 3 amide bonds. The molecule has 2 aromatic rings. The minimum atomic E-state index is -0.457. The summed E-state index contributed by atoms with van der Waals surface area (Å²) < 4.78 is 2.10. The maximum atomic E-state index is 12.4. The summed E-state index contributed by atoms with van der Waals surface area (Å²) >= 11 is 1.33. The molecule has 4 rings (SSSR count). The first kappa shape index (κ1) is 18.9. The minimum absolute atomic E-state index is 0.177. The lowest BCUT2D eigenvalue weighted by molar-refractivity contribution is -0.119. The van der Waals surface area contributed by atoms with Gasteiger partial charge in [0.25, 0.3) is 0 Å². The molecule has 148 valence electrons. The molecule has 0 aromatic carbocycles. The Bertz CT molecular complexity index is 845. The monoisotopic (exact) mass is 400 g/mol. The molecule has 1 atom stereocenters. The second kappa shape index (κ2) is 8.30. The molecule has 9 heteroatoms. The number of thioether (sulfide) groups is 1. The van der Waals surface area contributed by atoms with E-state index >= 15 is 0 Å². The Morgan fingerprint density at radius 1 is 1.14 bits per heavy atom. The highest BCUT2D eigenvalue weighted by molar-refractivity contribution is 8.00. The van der Waals surface area contributed by atoms with Crippen LogP contribution in [0.25, 0.3) is 11.4 Å². The van der Waals surface area contributed by atoms with Crippen molar-refractivity contribution >= 4 is 23.7 Å². The van der Waals surface area contributed by atoms with E-state index in [1.165, 1.54) is 11.8 Å². The van der Waals surface area contributed by atoms with Crippen LogP contribution in [0.15, 0.2) is 29.7 Å². The second-order valence-electron chi connectivity index (χ2n) is 7.35. The van der Waals surface area contributed by atoms with E-state index in [1.54, 1.807) is 19.3 Å². The van der Waals surface area contributed by atoms with E-state index < -0.39 is 11.3 Å². The van der Waals surface area contributed by atoms with Gasteiger partial charge in [0.15, 0.2) is 11.0 Å². The highest BCUT2D eigenvalue weighted by Crippen LogP contribution is 2.41. The number of nitrogens with one attached hydrogen (secondary N) is 2. The Kier molecular flexibility index (Phi) is 5.61. The fourth-order valence-electron chi connectivity index (χ4n) is 3.43. The largest absolute Gasteiger partial charge is 0.335 e. The average Bonchev–Trinajstić information content (AvgIpc) is 3.24. The van der Waals surface area contributed by atoms with Crippen LogP contribution in [-0.2, 0) is 4.79 Å². The Morgan fingerprint density at radius 3 is 2.54 bits per heavy atom.